The fourth-order valence-electron chi connectivity index (χ4n) is 2.21. The minimum absolute atomic E-state index is 0.139. The maximum absolute atomic E-state index is 11.4. The molecule has 5 nitrogen and oxygen atoms in total. The number of nitrogens with one attached hydrogen (secondary N) is 2. The van der Waals surface area contributed by atoms with E-state index < -0.39 is 0 Å². The van der Waals surface area contributed by atoms with Crippen LogP contribution < -0.4 is 15.6 Å². The maximum Gasteiger partial charge on any atom is 0.248 e. The van der Waals surface area contributed by atoms with E-state index in [2.05, 4.69) is 10.3 Å². The first kappa shape index (κ1) is 14.6. The first-order valence-electron chi connectivity index (χ1n) is 6.69. The van der Waals surface area contributed by atoms with Crippen LogP contribution in [0.3, 0.4) is 0 Å². The fraction of sp³-hybridized carbons (Fsp3) is 0.400. The zero-order valence-corrected chi connectivity index (χ0v) is 11.8. The summed E-state index contributed by atoms with van der Waals surface area (Å²) in [5, 5.41) is 13.4. The van der Waals surface area contributed by atoms with E-state index in [1.807, 2.05) is 18.2 Å². The highest BCUT2D eigenvalue weighted by molar-refractivity contribution is 5.87. The van der Waals surface area contributed by atoms with Crippen molar-refractivity contribution in [1.29, 1.82) is 0 Å². The van der Waals surface area contributed by atoms with Gasteiger partial charge in [0, 0.05) is 18.0 Å². The number of pyridine rings is 1. The lowest BCUT2D eigenvalue weighted by Crippen LogP contribution is -2.26. The molecule has 3 N–H and O–H groups in total. The van der Waals surface area contributed by atoms with Gasteiger partial charge in [0.25, 0.3) is 0 Å². The molecule has 1 heterocycles. The summed E-state index contributed by atoms with van der Waals surface area (Å²) >= 11 is 0. The van der Waals surface area contributed by atoms with Crippen molar-refractivity contribution in [3.05, 3.63) is 40.2 Å². The molecule has 1 aromatic carbocycles. The van der Waals surface area contributed by atoms with E-state index in [1.165, 1.54) is 6.07 Å². The van der Waals surface area contributed by atoms with E-state index in [4.69, 9.17) is 4.74 Å². The van der Waals surface area contributed by atoms with Gasteiger partial charge >= 0.3 is 0 Å². The molecule has 1 unspecified atom stereocenters. The second-order valence-corrected chi connectivity index (χ2v) is 4.84. The van der Waals surface area contributed by atoms with Crippen LogP contribution in [0.5, 0.6) is 5.75 Å². The fourth-order valence-corrected chi connectivity index (χ4v) is 2.21. The molecule has 108 valence electrons. The van der Waals surface area contributed by atoms with Crippen molar-refractivity contribution < 1.29 is 9.84 Å². The van der Waals surface area contributed by atoms with Crippen LogP contribution in [0.25, 0.3) is 10.9 Å². The van der Waals surface area contributed by atoms with Gasteiger partial charge in [-0.2, -0.15) is 0 Å². The van der Waals surface area contributed by atoms with Gasteiger partial charge < -0.3 is 20.1 Å². The highest BCUT2D eigenvalue weighted by Gasteiger charge is 2.07. The van der Waals surface area contributed by atoms with Crippen LogP contribution in [0.1, 0.15) is 12.5 Å². The SMILES string of the molecule is COc1ccc(CCNCC(C)O)c2ccc(=O)[nH]c12. The van der Waals surface area contributed by atoms with Gasteiger partial charge in [0.1, 0.15) is 5.75 Å². The number of aromatic nitrogens is 1. The Morgan fingerprint density at radius 3 is 2.85 bits per heavy atom. The molecule has 0 spiro atoms. The van der Waals surface area contributed by atoms with Gasteiger partial charge in [-0.1, -0.05) is 6.07 Å². The van der Waals surface area contributed by atoms with Crippen LogP contribution in [0.2, 0.25) is 0 Å². The molecule has 0 saturated carbocycles. The van der Waals surface area contributed by atoms with Crippen LogP contribution in [0.15, 0.2) is 29.1 Å². The lowest BCUT2D eigenvalue weighted by Gasteiger charge is -2.11. The Morgan fingerprint density at radius 2 is 2.15 bits per heavy atom. The summed E-state index contributed by atoms with van der Waals surface area (Å²) in [7, 11) is 1.59. The molecule has 0 radical (unpaired) electrons. The van der Waals surface area contributed by atoms with Gasteiger partial charge in [-0.05, 0) is 37.6 Å². The smallest absolute Gasteiger partial charge is 0.248 e. The number of ether oxygens (including phenoxy) is 1. The van der Waals surface area contributed by atoms with E-state index in [0.717, 1.165) is 29.4 Å². The lowest BCUT2D eigenvalue weighted by molar-refractivity contribution is 0.191. The Balaban J connectivity index is 2.24. The molecule has 5 heteroatoms. The van der Waals surface area contributed by atoms with Crippen molar-refractivity contribution >= 4 is 10.9 Å². The van der Waals surface area contributed by atoms with E-state index in [0.29, 0.717) is 12.3 Å². The predicted molar refractivity (Wildman–Crippen MR) is 79.4 cm³/mol. The van der Waals surface area contributed by atoms with Crippen molar-refractivity contribution in [2.24, 2.45) is 0 Å². The molecular formula is C15H20N2O3. The molecule has 0 aliphatic rings. The van der Waals surface area contributed by atoms with Gasteiger partial charge in [-0.25, -0.2) is 0 Å². The van der Waals surface area contributed by atoms with Gasteiger partial charge in [0.2, 0.25) is 5.56 Å². The van der Waals surface area contributed by atoms with E-state index >= 15 is 0 Å². The number of H-pyrrole nitrogens is 1. The molecule has 0 aliphatic heterocycles. The molecule has 2 aromatic rings. The summed E-state index contributed by atoms with van der Waals surface area (Å²) in [5.74, 6) is 0.665. The monoisotopic (exact) mass is 276 g/mol. The number of hydrogen-bond donors (Lipinski definition) is 3. The number of fused-ring (bicyclic) bond motifs is 1. The summed E-state index contributed by atoms with van der Waals surface area (Å²) in [6.07, 6.45) is 0.471. The number of hydrogen-bond acceptors (Lipinski definition) is 4. The summed E-state index contributed by atoms with van der Waals surface area (Å²) in [4.78, 5) is 14.3. The number of aliphatic hydroxyl groups is 1. The third-order valence-electron chi connectivity index (χ3n) is 3.18. The molecule has 2 rings (SSSR count). The third kappa shape index (κ3) is 3.37. The van der Waals surface area contributed by atoms with Crippen LogP contribution in [-0.4, -0.2) is 36.4 Å². The topological polar surface area (TPSA) is 74.3 Å². The third-order valence-corrected chi connectivity index (χ3v) is 3.18. The van der Waals surface area contributed by atoms with Crippen molar-refractivity contribution in [2.75, 3.05) is 20.2 Å². The Kier molecular flexibility index (Phi) is 4.76. The zero-order valence-electron chi connectivity index (χ0n) is 11.8. The summed E-state index contributed by atoms with van der Waals surface area (Å²) in [6.45, 7) is 3.09. The molecule has 0 bridgehead atoms. The van der Waals surface area contributed by atoms with Gasteiger partial charge in [-0.15, -0.1) is 0 Å². The Labute approximate surface area is 117 Å². The normalized spacial score (nSPS) is 12.6. The van der Waals surface area contributed by atoms with E-state index in [-0.39, 0.29) is 11.7 Å². The standard InChI is InChI=1S/C15H20N2O3/c1-10(18)9-16-8-7-11-3-5-13(20-2)15-12(11)4-6-14(19)17-15/h3-6,10,16,18H,7-9H2,1-2H3,(H,17,19). The largest absolute Gasteiger partial charge is 0.495 e. The number of aliphatic hydroxyl groups excluding tert-OH is 1. The summed E-state index contributed by atoms with van der Waals surface area (Å²) in [6, 6.07) is 7.21. The van der Waals surface area contributed by atoms with Gasteiger partial charge in [0.15, 0.2) is 0 Å². The van der Waals surface area contributed by atoms with Crippen LogP contribution in [-0.2, 0) is 6.42 Å². The zero-order chi connectivity index (χ0) is 14.5. The number of methoxy groups -OCH3 is 1. The molecule has 1 aromatic heterocycles. The number of aromatic amines is 1. The summed E-state index contributed by atoms with van der Waals surface area (Å²) in [5.41, 5.74) is 1.73. The minimum atomic E-state index is -0.348. The van der Waals surface area contributed by atoms with E-state index in [9.17, 15) is 9.90 Å². The van der Waals surface area contributed by atoms with Gasteiger partial charge in [0.05, 0.1) is 18.7 Å². The maximum atomic E-state index is 11.4. The Morgan fingerprint density at radius 1 is 1.35 bits per heavy atom. The first-order valence-corrected chi connectivity index (χ1v) is 6.69. The second kappa shape index (κ2) is 6.54. The summed E-state index contributed by atoms with van der Waals surface area (Å²) < 4.78 is 5.28. The molecular weight excluding hydrogens is 256 g/mol. The van der Waals surface area contributed by atoms with E-state index in [1.54, 1.807) is 14.0 Å². The average molecular weight is 276 g/mol. The van der Waals surface area contributed by atoms with Crippen LogP contribution in [0, 0.1) is 0 Å². The van der Waals surface area contributed by atoms with Crippen molar-refractivity contribution in [3.8, 4) is 5.75 Å². The van der Waals surface area contributed by atoms with Crippen molar-refractivity contribution in [1.82, 2.24) is 10.3 Å². The number of rotatable bonds is 6. The first-order chi connectivity index (χ1) is 9.61. The molecule has 0 aliphatic carbocycles. The van der Waals surface area contributed by atoms with Crippen LogP contribution in [0.4, 0.5) is 0 Å². The van der Waals surface area contributed by atoms with Crippen molar-refractivity contribution in [2.45, 2.75) is 19.4 Å². The Hall–Kier alpha value is -1.85. The quantitative estimate of drug-likeness (QED) is 0.689. The highest BCUT2D eigenvalue weighted by Crippen LogP contribution is 2.25. The Bertz CT molecular complexity index is 635. The predicted octanol–water partition coefficient (Wildman–Crippen LogP) is 1.05. The van der Waals surface area contributed by atoms with Crippen molar-refractivity contribution in [3.63, 3.8) is 0 Å². The molecule has 0 fully saturated rings. The van der Waals surface area contributed by atoms with Crippen LogP contribution >= 0.6 is 0 Å². The second-order valence-electron chi connectivity index (χ2n) is 4.84. The molecule has 0 amide bonds. The average Bonchev–Trinajstić information content (AvgIpc) is 2.43. The molecule has 20 heavy (non-hydrogen) atoms. The highest BCUT2D eigenvalue weighted by atomic mass is 16.5. The molecule has 0 saturated heterocycles. The lowest BCUT2D eigenvalue weighted by atomic mass is 10.0. The van der Waals surface area contributed by atoms with Gasteiger partial charge in [-0.3, -0.25) is 4.79 Å². The molecule has 1 atom stereocenters. The number of benzene rings is 1. The minimum Gasteiger partial charge on any atom is -0.495 e.